The van der Waals surface area contributed by atoms with Crippen molar-refractivity contribution in [3.05, 3.63) is 71.2 Å². The molecule has 1 aromatic carbocycles. The van der Waals surface area contributed by atoms with Crippen molar-refractivity contribution in [1.29, 1.82) is 0 Å². The zero-order valence-corrected chi connectivity index (χ0v) is 10.3. The van der Waals surface area contributed by atoms with Crippen LogP contribution in [0.25, 0.3) is 10.9 Å². The lowest BCUT2D eigenvalue weighted by Crippen LogP contribution is -2.23. The number of fused-ring (bicyclic) bond motifs is 3. The second kappa shape index (κ2) is 3.81. The van der Waals surface area contributed by atoms with E-state index in [1.54, 1.807) is 18.2 Å². The van der Waals surface area contributed by atoms with Gasteiger partial charge < -0.3 is 0 Å². The number of rotatable bonds is 0. The van der Waals surface area contributed by atoms with Gasteiger partial charge in [0.1, 0.15) is 11.4 Å². The molecule has 4 heteroatoms. The fourth-order valence-corrected chi connectivity index (χ4v) is 2.49. The number of benzene rings is 1. The van der Waals surface area contributed by atoms with Crippen LogP contribution in [-0.2, 0) is 0 Å². The minimum Gasteiger partial charge on any atom is -0.288 e. The highest BCUT2D eigenvalue weighted by atomic mass is 16.1. The monoisotopic (exact) mass is 260 g/mol. The molecule has 0 radical (unpaired) electrons. The van der Waals surface area contributed by atoms with Gasteiger partial charge in [-0.3, -0.25) is 14.6 Å². The second-order valence-corrected chi connectivity index (χ2v) is 4.64. The van der Waals surface area contributed by atoms with Crippen LogP contribution in [0.1, 0.15) is 32.1 Å². The first-order valence-corrected chi connectivity index (χ1v) is 6.20. The van der Waals surface area contributed by atoms with Gasteiger partial charge in [0.2, 0.25) is 5.78 Å². The van der Waals surface area contributed by atoms with Gasteiger partial charge in [-0.25, -0.2) is 4.98 Å². The quantitative estimate of drug-likeness (QED) is 0.487. The molecule has 1 aliphatic rings. The molecule has 3 aromatic rings. The maximum atomic E-state index is 12.5. The zero-order chi connectivity index (χ0) is 13.7. The molecule has 2 aromatic heterocycles. The molecule has 0 fully saturated rings. The standard InChI is InChI=1S/C16H8N2O2/c19-15-10-5-3-7-17-13(10)16(20)14-11(15)8-9-4-1-2-6-12(9)18-14/h1-8H. The SMILES string of the molecule is O=C1c2cccnc2C(=O)c2nc3ccccc3cc21. The highest BCUT2D eigenvalue weighted by molar-refractivity contribution is 6.27. The molecule has 2 heterocycles. The van der Waals surface area contributed by atoms with Crippen molar-refractivity contribution in [1.82, 2.24) is 9.97 Å². The lowest BCUT2D eigenvalue weighted by molar-refractivity contribution is 0.0972. The molecule has 0 amide bonds. The summed E-state index contributed by atoms with van der Waals surface area (Å²) in [5.41, 5.74) is 1.79. The molecule has 0 spiro atoms. The summed E-state index contributed by atoms with van der Waals surface area (Å²) in [5.74, 6) is -0.484. The first-order valence-electron chi connectivity index (χ1n) is 6.20. The molecule has 0 N–H and O–H groups in total. The molecule has 0 bridgehead atoms. The van der Waals surface area contributed by atoms with Crippen LogP contribution in [0.5, 0.6) is 0 Å². The van der Waals surface area contributed by atoms with E-state index in [9.17, 15) is 9.59 Å². The molecule has 0 atom stereocenters. The number of para-hydroxylation sites is 1. The van der Waals surface area contributed by atoms with Crippen molar-refractivity contribution >= 4 is 22.5 Å². The Labute approximate surface area is 114 Å². The molecular weight excluding hydrogens is 252 g/mol. The predicted molar refractivity (Wildman–Crippen MR) is 72.8 cm³/mol. The normalized spacial score (nSPS) is 13.2. The van der Waals surface area contributed by atoms with E-state index in [-0.39, 0.29) is 23.0 Å². The van der Waals surface area contributed by atoms with Crippen LogP contribution in [0.2, 0.25) is 0 Å². The van der Waals surface area contributed by atoms with E-state index in [0.29, 0.717) is 16.6 Å². The maximum absolute atomic E-state index is 12.5. The van der Waals surface area contributed by atoms with Gasteiger partial charge in [-0.15, -0.1) is 0 Å². The fraction of sp³-hybridized carbons (Fsp3) is 0. The van der Waals surface area contributed by atoms with Gasteiger partial charge in [0.15, 0.2) is 5.78 Å². The number of hydrogen-bond donors (Lipinski definition) is 0. The van der Waals surface area contributed by atoms with Crippen LogP contribution in [0.3, 0.4) is 0 Å². The van der Waals surface area contributed by atoms with Crippen LogP contribution in [0.15, 0.2) is 48.7 Å². The Morgan fingerprint density at radius 1 is 0.800 bits per heavy atom. The van der Waals surface area contributed by atoms with E-state index in [1.165, 1.54) is 6.20 Å². The van der Waals surface area contributed by atoms with E-state index in [0.717, 1.165) is 5.39 Å². The average Bonchev–Trinajstić information content (AvgIpc) is 2.51. The zero-order valence-electron chi connectivity index (χ0n) is 10.3. The third-order valence-electron chi connectivity index (χ3n) is 3.45. The Morgan fingerprint density at radius 2 is 1.65 bits per heavy atom. The third-order valence-corrected chi connectivity index (χ3v) is 3.45. The van der Waals surface area contributed by atoms with E-state index < -0.39 is 0 Å². The number of pyridine rings is 2. The van der Waals surface area contributed by atoms with Crippen molar-refractivity contribution in [2.45, 2.75) is 0 Å². The van der Waals surface area contributed by atoms with Crippen molar-refractivity contribution in [2.24, 2.45) is 0 Å². The maximum Gasteiger partial charge on any atom is 0.231 e. The van der Waals surface area contributed by atoms with Crippen LogP contribution in [-0.4, -0.2) is 21.5 Å². The van der Waals surface area contributed by atoms with Gasteiger partial charge in [0, 0.05) is 11.6 Å². The summed E-state index contributed by atoms with van der Waals surface area (Å²) in [6, 6.07) is 12.4. The Kier molecular flexibility index (Phi) is 2.09. The topological polar surface area (TPSA) is 59.9 Å². The van der Waals surface area contributed by atoms with Crippen LogP contribution in [0, 0.1) is 0 Å². The molecule has 0 saturated heterocycles. The van der Waals surface area contributed by atoms with Crippen LogP contribution in [0.4, 0.5) is 0 Å². The Hall–Kier alpha value is -2.88. The summed E-state index contributed by atoms with van der Waals surface area (Å²) >= 11 is 0. The number of carbonyl (C=O) groups excluding carboxylic acids is 2. The molecule has 0 unspecified atom stereocenters. The Balaban J connectivity index is 2.08. The fourth-order valence-electron chi connectivity index (χ4n) is 2.49. The van der Waals surface area contributed by atoms with Crippen LogP contribution < -0.4 is 0 Å². The average molecular weight is 260 g/mol. The van der Waals surface area contributed by atoms with E-state index >= 15 is 0 Å². The van der Waals surface area contributed by atoms with E-state index in [2.05, 4.69) is 9.97 Å². The van der Waals surface area contributed by atoms with Crippen LogP contribution >= 0.6 is 0 Å². The van der Waals surface area contributed by atoms with E-state index in [1.807, 2.05) is 24.3 Å². The highest BCUT2D eigenvalue weighted by Gasteiger charge is 2.32. The third kappa shape index (κ3) is 1.36. The number of carbonyl (C=O) groups is 2. The number of nitrogens with zero attached hydrogens (tertiary/aromatic N) is 2. The van der Waals surface area contributed by atoms with Crippen molar-refractivity contribution in [3.8, 4) is 0 Å². The van der Waals surface area contributed by atoms with Crippen molar-refractivity contribution in [2.75, 3.05) is 0 Å². The van der Waals surface area contributed by atoms with Gasteiger partial charge >= 0.3 is 0 Å². The molecule has 94 valence electrons. The summed E-state index contributed by atoms with van der Waals surface area (Å²) in [6.07, 6.45) is 1.51. The lowest BCUT2D eigenvalue weighted by Gasteiger charge is -2.15. The first kappa shape index (κ1) is 11.0. The summed E-state index contributed by atoms with van der Waals surface area (Å²) in [4.78, 5) is 33.2. The van der Waals surface area contributed by atoms with Gasteiger partial charge in [0.25, 0.3) is 0 Å². The minimum atomic E-state index is -0.291. The van der Waals surface area contributed by atoms with E-state index in [4.69, 9.17) is 0 Å². The number of aromatic nitrogens is 2. The van der Waals surface area contributed by atoms with Crippen molar-refractivity contribution < 1.29 is 9.59 Å². The summed E-state index contributed by atoms with van der Waals surface area (Å²) in [5, 5.41) is 0.847. The molecule has 1 aliphatic carbocycles. The molecular formula is C16H8N2O2. The van der Waals surface area contributed by atoms with Crippen molar-refractivity contribution in [3.63, 3.8) is 0 Å². The first-order chi connectivity index (χ1) is 9.75. The largest absolute Gasteiger partial charge is 0.288 e. The predicted octanol–water partition coefficient (Wildman–Crippen LogP) is 2.41. The van der Waals surface area contributed by atoms with Gasteiger partial charge in [-0.1, -0.05) is 18.2 Å². The smallest absolute Gasteiger partial charge is 0.231 e. The molecule has 4 nitrogen and oxygen atoms in total. The van der Waals surface area contributed by atoms with Gasteiger partial charge in [0.05, 0.1) is 16.6 Å². The summed E-state index contributed by atoms with van der Waals surface area (Å²) in [6.45, 7) is 0. The summed E-state index contributed by atoms with van der Waals surface area (Å²) in [7, 11) is 0. The van der Waals surface area contributed by atoms with Gasteiger partial charge in [-0.2, -0.15) is 0 Å². The number of ketones is 2. The molecule has 0 saturated carbocycles. The lowest BCUT2D eigenvalue weighted by atomic mass is 9.89. The summed E-state index contributed by atoms with van der Waals surface area (Å²) < 4.78 is 0. The minimum absolute atomic E-state index is 0.188. The van der Waals surface area contributed by atoms with Gasteiger partial charge in [-0.05, 0) is 24.3 Å². The molecule has 4 rings (SSSR count). The Morgan fingerprint density at radius 3 is 2.55 bits per heavy atom. The highest BCUT2D eigenvalue weighted by Crippen LogP contribution is 2.27. The second-order valence-electron chi connectivity index (χ2n) is 4.64. The molecule has 0 aliphatic heterocycles. The number of hydrogen-bond acceptors (Lipinski definition) is 4. The Bertz CT molecular complexity index is 826. The molecule has 20 heavy (non-hydrogen) atoms.